The van der Waals surface area contributed by atoms with Crippen LogP contribution in [0.15, 0.2) is 45.7 Å². The fourth-order valence-electron chi connectivity index (χ4n) is 3.41. The van der Waals surface area contributed by atoms with Crippen LogP contribution in [0.4, 0.5) is 0 Å². The molecule has 3 heterocycles. The number of hydrogen-bond acceptors (Lipinski definition) is 4. The highest BCUT2D eigenvalue weighted by molar-refractivity contribution is 5.91. The second kappa shape index (κ2) is 8.85. The van der Waals surface area contributed by atoms with E-state index in [9.17, 15) is 9.59 Å². The van der Waals surface area contributed by atoms with Gasteiger partial charge in [0.15, 0.2) is 5.76 Å². The Labute approximate surface area is 153 Å². The van der Waals surface area contributed by atoms with Crippen molar-refractivity contribution in [1.82, 2.24) is 14.8 Å². The van der Waals surface area contributed by atoms with Gasteiger partial charge in [-0.15, -0.1) is 0 Å². The Morgan fingerprint density at radius 3 is 2.96 bits per heavy atom. The summed E-state index contributed by atoms with van der Waals surface area (Å²) in [6.07, 6.45) is 6.50. The van der Waals surface area contributed by atoms with Crippen LogP contribution in [-0.2, 0) is 6.54 Å². The highest BCUT2D eigenvalue weighted by atomic mass is 16.4. The van der Waals surface area contributed by atoms with E-state index < -0.39 is 0 Å². The molecule has 1 amide bonds. The standard InChI is InChI=1S/C20H27N3O3/c1-16-7-2-4-12-22(16)14-6-11-21-20(25)18-10-9-17(26-18)15-23-13-5-3-8-19(23)24/h3,5,8-10,13,16H,2,4,6-7,11-12,14-15H2,1H3,(H,21,25). The third-order valence-corrected chi connectivity index (χ3v) is 4.96. The summed E-state index contributed by atoms with van der Waals surface area (Å²) in [4.78, 5) is 26.4. The molecule has 140 valence electrons. The lowest BCUT2D eigenvalue weighted by Crippen LogP contribution is -2.39. The Kier molecular flexibility index (Phi) is 6.28. The number of carbonyl (C=O) groups excluding carboxylic acids is 1. The van der Waals surface area contributed by atoms with Gasteiger partial charge in [-0.05, 0) is 50.9 Å². The van der Waals surface area contributed by atoms with Gasteiger partial charge in [-0.3, -0.25) is 9.59 Å². The van der Waals surface area contributed by atoms with Crippen LogP contribution in [0.5, 0.6) is 0 Å². The lowest BCUT2D eigenvalue weighted by atomic mass is 10.0. The first-order valence-corrected chi connectivity index (χ1v) is 9.40. The Morgan fingerprint density at radius 1 is 1.27 bits per heavy atom. The Morgan fingerprint density at radius 2 is 2.15 bits per heavy atom. The number of rotatable bonds is 7. The lowest BCUT2D eigenvalue weighted by Gasteiger charge is -2.33. The number of nitrogens with one attached hydrogen (secondary N) is 1. The van der Waals surface area contributed by atoms with E-state index >= 15 is 0 Å². The minimum Gasteiger partial charge on any atom is -0.454 e. The predicted octanol–water partition coefficient (Wildman–Crippen LogP) is 2.48. The molecule has 1 aliphatic heterocycles. The molecule has 6 nitrogen and oxygen atoms in total. The zero-order valence-electron chi connectivity index (χ0n) is 15.3. The second-order valence-corrected chi connectivity index (χ2v) is 6.92. The van der Waals surface area contributed by atoms with Crippen LogP contribution < -0.4 is 10.9 Å². The quantitative estimate of drug-likeness (QED) is 0.773. The average Bonchev–Trinajstić information content (AvgIpc) is 3.11. The molecule has 1 N–H and O–H groups in total. The second-order valence-electron chi connectivity index (χ2n) is 6.92. The van der Waals surface area contributed by atoms with Crippen molar-refractivity contribution in [2.45, 2.75) is 45.2 Å². The summed E-state index contributed by atoms with van der Waals surface area (Å²) in [6, 6.07) is 9.04. The third-order valence-electron chi connectivity index (χ3n) is 4.96. The number of carbonyl (C=O) groups is 1. The summed E-state index contributed by atoms with van der Waals surface area (Å²) in [5, 5.41) is 2.91. The molecule has 0 saturated carbocycles. The van der Waals surface area contributed by atoms with Gasteiger partial charge in [0.2, 0.25) is 0 Å². The van der Waals surface area contributed by atoms with Crippen molar-refractivity contribution in [3.05, 3.63) is 58.4 Å². The molecule has 0 aromatic carbocycles. The first-order chi connectivity index (χ1) is 12.6. The molecule has 0 bridgehead atoms. The van der Waals surface area contributed by atoms with Crippen molar-refractivity contribution >= 4 is 5.91 Å². The number of nitrogens with zero attached hydrogens (tertiary/aromatic N) is 2. The van der Waals surface area contributed by atoms with E-state index in [0.29, 0.717) is 24.9 Å². The highest BCUT2D eigenvalue weighted by Gasteiger charge is 2.17. The van der Waals surface area contributed by atoms with Gasteiger partial charge in [-0.2, -0.15) is 0 Å². The Hall–Kier alpha value is -2.34. The number of hydrogen-bond donors (Lipinski definition) is 1. The topological polar surface area (TPSA) is 67.5 Å². The molecule has 0 radical (unpaired) electrons. The number of amides is 1. The van der Waals surface area contributed by atoms with Gasteiger partial charge in [-0.1, -0.05) is 12.5 Å². The van der Waals surface area contributed by atoms with Gasteiger partial charge in [0.25, 0.3) is 11.5 Å². The predicted molar refractivity (Wildman–Crippen MR) is 100 cm³/mol. The Bertz CT molecular complexity index is 780. The molecule has 6 heteroatoms. The van der Waals surface area contributed by atoms with Gasteiger partial charge in [0.05, 0.1) is 6.54 Å². The third kappa shape index (κ3) is 4.85. The molecule has 2 aromatic rings. The zero-order chi connectivity index (χ0) is 18.4. The molecule has 2 aromatic heterocycles. The molecule has 26 heavy (non-hydrogen) atoms. The number of pyridine rings is 1. The number of piperidine rings is 1. The van der Waals surface area contributed by atoms with Crippen molar-refractivity contribution in [3.8, 4) is 0 Å². The van der Waals surface area contributed by atoms with E-state index in [4.69, 9.17) is 4.42 Å². The smallest absolute Gasteiger partial charge is 0.286 e. The van der Waals surface area contributed by atoms with Crippen LogP contribution in [0.25, 0.3) is 0 Å². The summed E-state index contributed by atoms with van der Waals surface area (Å²) < 4.78 is 7.13. The number of likely N-dealkylation sites (tertiary alicyclic amines) is 1. The van der Waals surface area contributed by atoms with Gasteiger partial charge in [0, 0.05) is 31.4 Å². The fourth-order valence-corrected chi connectivity index (χ4v) is 3.41. The summed E-state index contributed by atoms with van der Waals surface area (Å²) in [5.41, 5.74) is -0.0955. The molecule has 0 spiro atoms. The van der Waals surface area contributed by atoms with Crippen LogP contribution in [0, 0.1) is 0 Å². The SMILES string of the molecule is CC1CCCCN1CCCNC(=O)c1ccc(Cn2ccccc2=O)o1. The van der Waals surface area contributed by atoms with E-state index in [1.807, 2.05) is 0 Å². The minimum atomic E-state index is -0.205. The molecular formula is C20H27N3O3. The summed E-state index contributed by atoms with van der Waals surface area (Å²) in [6.45, 7) is 5.41. The first-order valence-electron chi connectivity index (χ1n) is 9.40. The molecule has 1 aliphatic rings. The van der Waals surface area contributed by atoms with Gasteiger partial charge in [-0.25, -0.2) is 0 Å². The van der Waals surface area contributed by atoms with E-state index in [-0.39, 0.29) is 17.2 Å². The van der Waals surface area contributed by atoms with E-state index in [0.717, 1.165) is 19.5 Å². The van der Waals surface area contributed by atoms with Gasteiger partial charge >= 0.3 is 0 Å². The Balaban J connectivity index is 1.44. The molecule has 3 rings (SSSR count). The van der Waals surface area contributed by atoms with E-state index in [1.165, 1.54) is 25.3 Å². The summed E-state index contributed by atoms with van der Waals surface area (Å²) >= 11 is 0. The van der Waals surface area contributed by atoms with Crippen molar-refractivity contribution in [3.63, 3.8) is 0 Å². The molecular weight excluding hydrogens is 330 g/mol. The maximum absolute atomic E-state index is 12.2. The maximum atomic E-state index is 12.2. The van der Waals surface area contributed by atoms with Crippen LogP contribution in [0.2, 0.25) is 0 Å². The van der Waals surface area contributed by atoms with E-state index in [2.05, 4.69) is 17.1 Å². The monoisotopic (exact) mass is 357 g/mol. The van der Waals surface area contributed by atoms with Crippen LogP contribution in [0.1, 0.15) is 48.9 Å². The van der Waals surface area contributed by atoms with Crippen LogP contribution in [-0.4, -0.2) is 41.1 Å². The summed E-state index contributed by atoms with van der Waals surface area (Å²) in [7, 11) is 0. The van der Waals surface area contributed by atoms with Crippen LogP contribution in [0.3, 0.4) is 0 Å². The molecule has 1 unspecified atom stereocenters. The average molecular weight is 357 g/mol. The van der Waals surface area contributed by atoms with E-state index in [1.54, 1.807) is 35.0 Å². The number of aromatic nitrogens is 1. The minimum absolute atomic E-state index is 0.0955. The normalized spacial score (nSPS) is 18.0. The maximum Gasteiger partial charge on any atom is 0.286 e. The lowest BCUT2D eigenvalue weighted by molar-refractivity contribution is 0.0919. The zero-order valence-corrected chi connectivity index (χ0v) is 15.3. The largest absolute Gasteiger partial charge is 0.454 e. The van der Waals surface area contributed by atoms with Crippen molar-refractivity contribution in [1.29, 1.82) is 0 Å². The van der Waals surface area contributed by atoms with Crippen molar-refractivity contribution in [2.75, 3.05) is 19.6 Å². The van der Waals surface area contributed by atoms with Crippen LogP contribution >= 0.6 is 0 Å². The fraction of sp³-hybridized carbons (Fsp3) is 0.500. The highest BCUT2D eigenvalue weighted by Crippen LogP contribution is 2.16. The van der Waals surface area contributed by atoms with Gasteiger partial charge < -0.3 is 19.2 Å². The molecule has 1 saturated heterocycles. The first kappa shape index (κ1) is 18.5. The van der Waals surface area contributed by atoms with Crippen molar-refractivity contribution in [2.24, 2.45) is 0 Å². The molecule has 1 fully saturated rings. The van der Waals surface area contributed by atoms with Crippen molar-refractivity contribution < 1.29 is 9.21 Å². The molecule has 0 aliphatic carbocycles. The molecule has 1 atom stereocenters. The number of furan rings is 1. The summed E-state index contributed by atoms with van der Waals surface area (Å²) in [5.74, 6) is 0.671. The van der Waals surface area contributed by atoms with Gasteiger partial charge in [0.1, 0.15) is 5.76 Å².